The summed E-state index contributed by atoms with van der Waals surface area (Å²) in [5.74, 6) is 1.13. The molecule has 1 aliphatic heterocycles. The molecule has 0 aliphatic carbocycles. The van der Waals surface area contributed by atoms with Crippen molar-refractivity contribution < 1.29 is 19.0 Å². The van der Waals surface area contributed by atoms with Crippen LogP contribution in [0, 0.1) is 0 Å². The number of hydrogen-bond donors (Lipinski definition) is 0. The van der Waals surface area contributed by atoms with Crippen molar-refractivity contribution >= 4 is 5.78 Å². The molecule has 1 aromatic carbocycles. The van der Waals surface area contributed by atoms with Crippen molar-refractivity contribution in [3.8, 4) is 11.5 Å². The number of methoxy groups -OCH3 is 3. The number of nitrogens with zero attached hydrogens (tertiary/aromatic N) is 1. The van der Waals surface area contributed by atoms with Crippen LogP contribution in [0.3, 0.4) is 0 Å². The highest BCUT2D eigenvalue weighted by molar-refractivity contribution is 6.01. The van der Waals surface area contributed by atoms with Crippen LogP contribution in [0.4, 0.5) is 0 Å². The highest BCUT2D eigenvalue weighted by atomic mass is 16.5. The Morgan fingerprint density at radius 3 is 2.23 bits per heavy atom. The smallest absolute Gasteiger partial charge is 0.170 e. The predicted octanol–water partition coefficient (Wildman–Crippen LogP) is 2.74. The van der Waals surface area contributed by atoms with E-state index in [1.807, 2.05) is 6.07 Å². The number of carbonyl (C=O) groups is 1. The largest absolute Gasteiger partial charge is 0.496 e. The number of hydrogen-bond acceptors (Lipinski definition) is 5. The van der Waals surface area contributed by atoms with Crippen molar-refractivity contribution in [3.63, 3.8) is 0 Å². The van der Waals surface area contributed by atoms with Gasteiger partial charge in [-0.15, -0.1) is 0 Å². The molecule has 122 valence electrons. The number of benzene rings is 1. The fourth-order valence-electron chi connectivity index (χ4n) is 2.98. The maximum absolute atomic E-state index is 12.6. The molecule has 1 heterocycles. The van der Waals surface area contributed by atoms with Crippen LogP contribution in [0.1, 0.15) is 36.0 Å². The van der Waals surface area contributed by atoms with E-state index in [1.165, 1.54) is 12.8 Å². The number of rotatable bonds is 8. The van der Waals surface area contributed by atoms with E-state index in [1.54, 1.807) is 33.5 Å². The van der Waals surface area contributed by atoms with Crippen molar-refractivity contribution in [3.05, 3.63) is 23.8 Å². The maximum Gasteiger partial charge on any atom is 0.170 e. The first-order valence-corrected chi connectivity index (χ1v) is 7.72. The lowest BCUT2D eigenvalue weighted by Gasteiger charge is -2.25. The zero-order valence-corrected chi connectivity index (χ0v) is 13.6. The first kappa shape index (κ1) is 16.8. The van der Waals surface area contributed by atoms with Crippen molar-refractivity contribution in [1.82, 2.24) is 4.90 Å². The van der Waals surface area contributed by atoms with Gasteiger partial charge in [0.2, 0.25) is 0 Å². The molecule has 22 heavy (non-hydrogen) atoms. The van der Waals surface area contributed by atoms with Crippen LogP contribution in [0.5, 0.6) is 11.5 Å². The summed E-state index contributed by atoms with van der Waals surface area (Å²) in [5.41, 5.74) is 0.517. The van der Waals surface area contributed by atoms with E-state index in [0.29, 0.717) is 29.9 Å². The molecule has 1 fully saturated rings. The Hall–Kier alpha value is -1.59. The van der Waals surface area contributed by atoms with Gasteiger partial charge in [-0.1, -0.05) is 6.07 Å². The number of likely N-dealkylation sites (tertiary alicyclic amines) is 1. The molecule has 1 aromatic rings. The molecular formula is C17H25NO4. The Labute approximate surface area is 132 Å². The first-order valence-electron chi connectivity index (χ1n) is 7.72. The molecule has 0 amide bonds. The first-order chi connectivity index (χ1) is 10.7. The molecule has 0 N–H and O–H groups in total. The number of ether oxygens (including phenoxy) is 3. The lowest BCUT2D eigenvalue weighted by molar-refractivity contribution is -0.0248. The molecule has 0 radical (unpaired) electrons. The Bertz CT molecular complexity index is 475. The van der Waals surface area contributed by atoms with Crippen LogP contribution in [0.25, 0.3) is 0 Å². The van der Waals surface area contributed by atoms with Crippen molar-refractivity contribution in [2.45, 2.75) is 31.9 Å². The van der Waals surface area contributed by atoms with Crippen LogP contribution >= 0.6 is 0 Å². The topological polar surface area (TPSA) is 48.0 Å². The molecule has 1 aliphatic rings. The van der Waals surface area contributed by atoms with E-state index in [2.05, 4.69) is 4.90 Å². The number of Topliss-reactive ketones (excluding diaryl/α,β-unsaturated/α-hetero) is 1. The Balaban J connectivity index is 2.05. The monoisotopic (exact) mass is 307 g/mol. The van der Waals surface area contributed by atoms with Gasteiger partial charge in [0.05, 0.1) is 14.2 Å². The summed E-state index contributed by atoms with van der Waals surface area (Å²) < 4.78 is 16.1. The van der Waals surface area contributed by atoms with Gasteiger partial charge in [-0.2, -0.15) is 0 Å². The van der Waals surface area contributed by atoms with E-state index in [4.69, 9.17) is 14.2 Å². The molecular weight excluding hydrogens is 282 g/mol. The normalized spacial score (nSPS) is 16.5. The van der Waals surface area contributed by atoms with E-state index in [9.17, 15) is 4.79 Å². The lowest BCUT2D eigenvalue weighted by atomic mass is 10.0. The van der Waals surface area contributed by atoms with Gasteiger partial charge in [0, 0.05) is 26.6 Å². The summed E-state index contributed by atoms with van der Waals surface area (Å²) in [6.07, 6.45) is 3.50. The summed E-state index contributed by atoms with van der Waals surface area (Å²) in [7, 11) is 4.83. The summed E-state index contributed by atoms with van der Waals surface area (Å²) in [4.78, 5) is 14.9. The Morgan fingerprint density at radius 2 is 1.73 bits per heavy atom. The highest BCUT2D eigenvalue weighted by Gasteiger charge is 2.24. The molecule has 5 heteroatoms. The molecule has 0 aromatic heterocycles. The SMILES string of the molecule is COc1cccc(OC)c1C(=O)CCC(OC)N1CCCC1. The van der Waals surface area contributed by atoms with E-state index < -0.39 is 0 Å². The fraction of sp³-hybridized carbons (Fsp3) is 0.588. The zero-order valence-electron chi connectivity index (χ0n) is 13.6. The number of ketones is 1. The van der Waals surface area contributed by atoms with Crippen LogP contribution < -0.4 is 9.47 Å². The van der Waals surface area contributed by atoms with E-state index in [0.717, 1.165) is 13.1 Å². The molecule has 1 atom stereocenters. The van der Waals surface area contributed by atoms with Gasteiger partial charge in [0.25, 0.3) is 0 Å². The quantitative estimate of drug-likeness (QED) is 0.691. The second-order valence-corrected chi connectivity index (χ2v) is 5.43. The zero-order chi connectivity index (χ0) is 15.9. The van der Waals surface area contributed by atoms with Gasteiger partial charge < -0.3 is 14.2 Å². The third kappa shape index (κ3) is 3.78. The van der Waals surface area contributed by atoms with Crippen LogP contribution in [0.2, 0.25) is 0 Å². The molecule has 1 saturated heterocycles. The Morgan fingerprint density at radius 1 is 1.14 bits per heavy atom. The van der Waals surface area contributed by atoms with Crippen molar-refractivity contribution in [2.24, 2.45) is 0 Å². The predicted molar refractivity (Wildman–Crippen MR) is 84.7 cm³/mol. The third-order valence-corrected chi connectivity index (χ3v) is 4.15. The third-order valence-electron chi connectivity index (χ3n) is 4.15. The summed E-state index contributed by atoms with van der Waals surface area (Å²) in [5, 5.41) is 0. The molecule has 0 bridgehead atoms. The van der Waals surface area contributed by atoms with Gasteiger partial charge >= 0.3 is 0 Å². The maximum atomic E-state index is 12.6. The molecule has 2 rings (SSSR count). The van der Waals surface area contributed by atoms with Crippen molar-refractivity contribution in [2.75, 3.05) is 34.4 Å². The second kappa shape index (κ2) is 8.15. The second-order valence-electron chi connectivity index (χ2n) is 5.43. The van der Waals surface area contributed by atoms with Gasteiger partial charge in [0.1, 0.15) is 23.3 Å². The van der Waals surface area contributed by atoms with Crippen molar-refractivity contribution in [1.29, 1.82) is 0 Å². The van der Waals surface area contributed by atoms with E-state index in [-0.39, 0.29) is 12.0 Å². The van der Waals surface area contributed by atoms with Gasteiger partial charge in [-0.05, 0) is 31.4 Å². The highest BCUT2D eigenvalue weighted by Crippen LogP contribution is 2.30. The number of carbonyl (C=O) groups excluding carboxylic acids is 1. The van der Waals surface area contributed by atoms with Gasteiger partial charge in [0.15, 0.2) is 5.78 Å². The lowest BCUT2D eigenvalue weighted by Crippen LogP contribution is -2.34. The van der Waals surface area contributed by atoms with Gasteiger partial charge in [-0.3, -0.25) is 9.69 Å². The summed E-state index contributed by atoms with van der Waals surface area (Å²) >= 11 is 0. The summed E-state index contributed by atoms with van der Waals surface area (Å²) in [6.45, 7) is 2.09. The Kier molecular flexibility index (Phi) is 6.21. The standard InChI is InChI=1S/C17H25NO4/c1-20-14-7-6-8-15(21-2)17(14)13(19)9-10-16(22-3)18-11-4-5-12-18/h6-8,16H,4-5,9-12H2,1-3H3. The van der Waals surface area contributed by atoms with Gasteiger partial charge in [-0.25, -0.2) is 0 Å². The van der Waals surface area contributed by atoms with Crippen LogP contribution in [0.15, 0.2) is 18.2 Å². The molecule has 5 nitrogen and oxygen atoms in total. The summed E-state index contributed by atoms with van der Waals surface area (Å²) in [6, 6.07) is 5.38. The molecule has 0 spiro atoms. The minimum atomic E-state index is 0.00662. The molecule has 1 unspecified atom stereocenters. The minimum Gasteiger partial charge on any atom is -0.496 e. The minimum absolute atomic E-state index is 0.00662. The van der Waals surface area contributed by atoms with Crippen LogP contribution in [-0.2, 0) is 4.74 Å². The molecule has 0 saturated carbocycles. The van der Waals surface area contributed by atoms with E-state index >= 15 is 0 Å². The van der Waals surface area contributed by atoms with Crippen LogP contribution in [-0.4, -0.2) is 51.3 Å². The average molecular weight is 307 g/mol. The average Bonchev–Trinajstić information content (AvgIpc) is 3.08. The fourth-order valence-corrected chi connectivity index (χ4v) is 2.98.